The number of carbonyl (C=O) groups is 1. The molecule has 0 aromatic carbocycles. The molecule has 0 saturated carbocycles. The molecule has 0 saturated heterocycles. The van der Waals surface area contributed by atoms with Crippen LogP contribution in [0.2, 0.25) is 0 Å². The van der Waals surface area contributed by atoms with Gasteiger partial charge in [0.1, 0.15) is 5.69 Å². The van der Waals surface area contributed by atoms with Crippen LogP contribution in [0.3, 0.4) is 0 Å². The average Bonchev–Trinajstić information content (AvgIpc) is 2.54. The average molecular weight is 244 g/mol. The number of nitrogens with one attached hydrogen (secondary N) is 1. The maximum atomic E-state index is 10.8. The molecule has 0 atom stereocenters. The predicted molar refractivity (Wildman–Crippen MR) is 56.5 cm³/mol. The monoisotopic (exact) mass is 244 g/mol. The summed E-state index contributed by atoms with van der Waals surface area (Å²) < 4.78 is 1.33. The number of rotatable bonds is 6. The van der Waals surface area contributed by atoms with Crippen molar-refractivity contribution in [2.24, 2.45) is 0 Å². The zero-order valence-electron chi connectivity index (χ0n) is 9.34. The number of anilines is 1. The highest BCUT2D eigenvalue weighted by atomic mass is 16.7. The number of carboxylic acid groups (broad SMARTS) is 1. The van der Waals surface area contributed by atoms with Crippen LogP contribution in [0, 0.1) is 17.0 Å². The topological polar surface area (TPSA) is 120 Å². The molecule has 0 fully saturated rings. The van der Waals surface area contributed by atoms with Crippen LogP contribution in [0.5, 0.6) is 0 Å². The highest BCUT2D eigenvalue weighted by molar-refractivity contribution is 5.68. The summed E-state index contributed by atoms with van der Waals surface area (Å²) in [5, 5.41) is 23.1. The largest absolute Gasteiger partial charge is 0.479 e. The van der Waals surface area contributed by atoms with E-state index in [1.807, 2.05) is 0 Å². The zero-order valence-corrected chi connectivity index (χ0v) is 9.34. The van der Waals surface area contributed by atoms with Gasteiger partial charge in [-0.2, -0.15) is 5.10 Å². The first-order valence-corrected chi connectivity index (χ1v) is 4.78. The molecule has 1 aromatic rings. The molecule has 1 aromatic heterocycles. The van der Waals surface area contributed by atoms with E-state index >= 15 is 0 Å². The van der Waals surface area contributed by atoms with Crippen molar-refractivity contribution < 1.29 is 19.7 Å². The lowest BCUT2D eigenvalue weighted by molar-refractivity contribution is -0.384. The van der Waals surface area contributed by atoms with Crippen molar-refractivity contribution in [2.45, 2.75) is 20.4 Å². The Kier molecular flexibility index (Phi) is 3.99. The predicted octanol–water partition coefficient (Wildman–Crippen LogP) is 0.548. The molecule has 9 heteroatoms. The van der Waals surface area contributed by atoms with Crippen LogP contribution in [-0.4, -0.2) is 32.4 Å². The van der Waals surface area contributed by atoms with Crippen LogP contribution in [0.4, 0.5) is 11.5 Å². The molecule has 0 bridgehead atoms. The fourth-order valence-electron chi connectivity index (χ4n) is 1.29. The van der Waals surface area contributed by atoms with E-state index in [9.17, 15) is 14.9 Å². The molecule has 0 radical (unpaired) electrons. The van der Waals surface area contributed by atoms with Crippen molar-refractivity contribution in [3.05, 3.63) is 15.8 Å². The maximum Gasteiger partial charge on any atom is 0.335 e. The van der Waals surface area contributed by atoms with Crippen molar-refractivity contribution >= 4 is 17.5 Å². The first-order chi connectivity index (χ1) is 7.97. The quantitative estimate of drug-likeness (QED) is 0.553. The normalized spacial score (nSPS) is 10.2. The summed E-state index contributed by atoms with van der Waals surface area (Å²) >= 11 is 0. The van der Waals surface area contributed by atoms with Crippen LogP contribution in [0.1, 0.15) is 12.6 Å². The van der Waals surface area contributed by atoms with E-state index in [-0.39, 0.29) is 17.2 Å². The van der Waals surface area contributed by atoms with Crippen LogP contribution < -0.4 is 5.48 Å². The van der Waals surface area contributed by atoms with E-state index in [1.54, 1.807) is 6.92 Å². The molecule has 0 aliphatic rings. The van der Waals surface area contributed by atoms with Crippen molar-refractivity contribution in [3.63, 3.8) is 0 Å². The first-order valence-electron chi connectivity index (χ1n) is 4.78. The Balaban J connectivity index is 2.94. The molecule has 0 aliphatic heterocycles. The summed E-state index contributed by atoms with van der Waals surface area (Å²) in [6, 6.07) is 0. The molecular formula is C8H12N4O5. The van der Waals surface area contributed by atoms with E-state index in [0.717, 1.165) is 0 Å². The Labute approximate surface area is 96.1 Å². The molecule has 0 unspecified atom stereocenters. The Hall–Kier alpha value is -2.16. The Morgan fingerprint density at radius 1 is 1.71 bits per heavy atom. The third kappa shape index (κ3) is 2.91. The van der Waals surface area contributed by atoms with Gasteiger partial charge in [0.15, 0.2) is 6.61 Å². The van der Waals surface area contributed by atoms with Crippen LogP contribution >= 0.6 is 0 Å². The van der Waals surface area contributed by atoms with E-state index in [4.69, 9.17) is 5.11 Å². The number of hydrogen-bond donors (Lipinski definition) is 2. The molecule has 94 valence electrons. The van der Waals surface area contributed by atoms with E-state index < -0.39 is 17.5 Å². The Morgan fingerprint density at radius 2 is 2.35 bits per heavy atom. The maximum absolute atomic E-state index is 10.8. The lowest BCUT2D eigenvalue weighted by atomic mass is 10.4. The fraction of sp³-hybridized carbons (Fsp3) is 0.500. The van der Waals surface area contributed by atoms with Gasteiger partial charge < -0.3 is 5.11 Å². The van der Waals surface area contributed by atoms with Gasteiger partial charge in [-0.1, -0.05) is 0 Å². The van der Waals surface area contributed by atoms with Crippen LogP contribution in [-0.2, 0) is 16.2 Å². The summed E-state index contributed by atoms with van der Waals surface area (Å²) in [7, 11) is 0. The van der Waals surface area contributed by atoms with Gasteiger partial charge in [-0.3, -0.25) is 15.0 Å². The minimum absolute atomic E-state index is 0.0382. The van der Waals surface area contributed by atoms with Crippen molar-refractivity contribution in [2.75, 3.05) is 12.1 Å². The third-order valence-electron chi connectivity index (χ3n) is 1.94. The number of hydrogen-bond acceptors (Lipinski definition) is 6. The Bertz CT molecular complexity index is 441. The van der Waals surface area contributed by atoms with Gasteiger partial charge in [0.25, 0.3) is 0 Å². The first kappa shape index (κ1) is 12.9. The van der Waals surface area contributed by atoms with Gasteiger partial charge in [0, 0.05) is 6.54 Å². The number of aromatic nitrogens is 2. The summed E-state index contributed by atoms with van der Waals surface area (Å²) in [5.74, 6) is -1.14. The minimum Gasteiger partial charge on any atom is -0.479 e. The summed E-state index contributed by atoms with van der Waals surface area (Å²) in [6.07, 6.45) is 0. The van der Waals surface area contributed by atoms with Crippen molar-refractivity contribution in [1.29, 1.82) is 0 Å². The number of aryl methyl sites for hydroxylation is 2. The number of nitro groups is 1. The lowest BCUT2D eigenvalue weighted by Gasteiger charge is -2.05. The molecule has 0 spiro atoms. The van der Waals surface area contributed by atoms with Crippen LogP contribution in [0.15, 0.2) is 0 Å². The molecular weight excluding hydrogens is 232 g/mol. The van der Waals surface area contributed by atoms with E-state index in [0.29, 0.717) is 6.54 Å². The summed E-state index contributed by atoms with van der Waals surface area (Å²) in [5.41, 5.74) is 2.25. The lowest BCUT2D eigenvalue weighted by Crippen LogP contribution is -2.14. The van der Waals surface area contributed by atoms with Gasteiger partial charge in [-0.25, -0.2) is 15.0 Å². The van der Waals surface area contributed by atoms with Crippen molar-refractivity contribution in [3.8, 4) is 0 Å². The van der Waals surface area contributed by atoms with Gasteiger partial charge in [0.2, 0.25) is 5.82 Å². The zero-order chi connectivity index (χ0) is 13.0. The second kappa shape index (κ2) is 5.25. The van der Waals surface area contributed by atoms with E-state index in [1.165, 1.54) is 11.6 Å². The van der Waals surface area contributed by atoms with Crippen molar-refractivity contribution in [1.82, 2.24) is 9.78 Å². The highest BCUT2D eigenvalue weighted by Gasteiger charge is 2.25. The fourth-order valence-corrected chi connectivity index (χ4v) is 1.29. The SMILES string of the molecule is CCn1nc(C)c([N+](=O)[O-])c1NOCC(=O)O. The summed E-state index contributed by atoms with van der Waals surface area (Å²) in [6.45, 7) is 3.03. The number of carboxylic acids is 1. The van der Waals surface area contributed by atoms with E-state index in [2.05, 4.69) is 15.4 Å². The molecule has 17 heavy (non-hydrogen) atoms. The standard InChI is InChI=1S/C8H12N4O5/c1-3-11-8(10-17-4-6(13)14)7(12(15)16)5(2)9-11/h10H,3-4H2,1-2H3,(H,13,14). The van der Waals surface area contributed by atoms with Gasteiger partial charge in [-0.05, 0) is 13.8 Å². The second-order valence-corrected chi connectivity index (χ2v) is 3.14. The third-order valence-corrected chi connectivity index (χ3v) is 1.94. The molecule has 1 heterocycles. The highest BCUT2D eigenvalue weighted by Crippen LogP contribution is 2.27. The van der Waals surface area contributed by atoms with Crippen LogP contribution in [0.25, 0.3) is 0 Å². The summed E-state index contributed by atoms with van der Waals surface area (Å²) in [4.78, 5) is 25.1. The molecule has 9 nitrogen and oxygen atoms in total. The van der Waals surface area contributed by atoms with Gasteiger partial charge in [0.05, 0.1) is 4.92 Å². The molecule has 2 N–H and O–H groups in total. The van der Waals surface area contributed by atoms with Gasteiger partial charge >= 0.3 is 11.7 Å². The minimum atomic E-state index is -1.18. The van der Waals surface area contributed by atoms with Gasteiger partial charge in [-0.15, -0.1) is 0 Å². The molecule has 0 amide bonds. The molecule has 0 aliphatic carbocycles. The smallest absolute Gasteiger partial charge is 0.335 e. The number of nitrogens with zero attached hydrogens (tertiary/aromatic N) is 3. The second-order valence-electron chi connectivity index (χ2n) is 3.14. The Morgan fingerprint density at radius 3 is 2.82 bits per heavy atom. The number of aliphatic carboxylic acids is 1. The molecule has 1 rings (SSSR count).